The molecule has 1 atom stereocenters. The smallest absolute Gasteiger partial charge is 0.254 e. The van der Waals surface area contributed by atoms with Gasteiger partial charge in [0.05, 0.1) is 11.3 Å². The summed E-state index contributed by atoms with van der Waals surface area (Å²) in [6, 6.07) is 12.1. The van der Waals surface area contributed by atoms with E-state index >= 15 is 0 Å². The maximum atomic E-state index is 12.8. The van der Waals surface area contributed by atoms with Crippen molar-refractivity contribution in [1.29, 1.82) is 0 Å². The standard InChI is InChI=1S/C24H26N4O5/c29-22(8-6-19-24(31)25-18-4-2-1-3-17(18)23(30)26-19)28-11-9-27(10-12-28)14-16-5-7-20-21(13-16)33-15-32-20/h1-5,7,13,19H,6,8-12,14-15H2,(H,25,31)(H,26,30). The van der Waals surface area contributed by atoms with Gasteiger partial charge >= 0.3 is 0 Å². The number of carbonyl (C=O) groups is 3. The number of piperazine rings is 1. The summed E-state index contributed by atoms with van der Waals surface area (Å²) in [5.74, 6) is 0.949. The minimum atomic E-state index is -0.735. The molecule has 0 spiro atoms. The van der Waals surface area contributed by atoms with E-state index < -0.39 is 6.04 Å². The Bertz CT molecular complexity index is 1080. The van der Waals surface area contributed by atoms with E-state index in [1.54, 1.807) is 24.3 Å². The second kappa shape index (κ2) is 9.11. The molecule has 0 aromatic heterocycles. The van der Waals surface area contributed by atoms with Crippen molar-refractivity contribution in [3.05, 3.63) is 53.6 Å². The monoisotopic (exact) mass is 450 g/mol. The van der Waals surface area contributed by atoms with E-state index in [0.29, 0.717) is 24.3 Å². The predicted molar refractivity (Wildman–Crippen MR) is 120 cm³/mol. The molecule has 2 N–H and O–H groups in total. The Labute approximate surface area is 191 Å². The molecule has 2 aromatic carbocycles. The van der Waals surface area contributed by atoms with Crippen molar-refractivity contribution in [2.45, 2.75) is 25.4 Å². The molecule has 1 saturated heterocycles. The topological polar surface area (TPSA) is 100 Å². The van der Waals surface area contributed by atoms with Gasteiger partial charge in [0, 0.05) is 39.1 Å². The molecule has 3 aliphatic rings. The molecular formula is C24H26N4O5. The van der Waals surface area contributed by atoms with Gasteiger partial charge in [-0.3, -0.25) is 19.3 Å². The van der Waals surface area contributed by atoms with E-state index in [1.807, 2.05) is 23.1 Å². The van der Waals surface area contributed by atoms with E-state index in [2.05, 4.69) is 15.5 Å². The lowest BCUT2D eigenvalue weighted by Gasteiger charge is -2.35. The average molecular weight is 450 g/mol. The normalized spacial score (nSPS) is 20.0. The lowest BCUT2D eigenvalue weighted by atomic mass is 10.1. The number of hydrogen-bond acceptors (Lipinski definition) is 6. The number of ether oxygens (including phenoxy) is 2. The molecule has 172 valence electrons. The zero-order valence-electron chi connectivity index (χ0n) is 18.2. The molecule has 0 aliphatic carbocycles. The van der Waals surface area contributed by atoms with Crippen molar-refractivity contribution < 1.29 is 23.9 Å². The predicted octanol–water partition coefficient (Wildman–Crippen LogP) is 1.59. The highest BCUT2D eigenvalue weighted by molar-refractivity contribution is 6.09. The van der Waals surface area contributed by atoms with Crippen LogP contribution < -0.4 is 20.1 Å². The van der Waals surface area contributed by atoms with Gasteiger partial charge in [-0.15, -0.1) is 0 Å². The van der Waals surface area contributed by atoms with E-state index in [1.165, 1.54) is 0 Å². The van der Waals surface area contributed by atoms with Crippen molar-refractivity contribution in [2.75, 3.05) is 38.3 Å². The van der Waals surface area contributed by atoms with Crippen LogP contribution >= 0.6 is 0 Å². The Morgan fingerprint density at radius 2 is 1.79 bits per heavy atom. The Balaban J connectivity index is 1.10. The maximum Gasteiger partial charge on any atom is 0.254 e. The molecule has 2 aromatic rings. The number of benzene rings is 2. The highest BCUT2D eigenvalue weighted by atomic mass is 16.7. The quantitative estimate of drug-likeness (QED) is 0.718. The molecule has 1 unspecified atom stereocenters. The lowest BCUT2D eigenvalue weighted by molar-refractivity contribution is -0.133. The SMILES string of the molecule is O=C1NC(CCC(=O)N2CCN(Cc3ccc4c(c3)OCO4)CC2)C(=O)Nc2ccccc21. The molecule has 0 bridgehead atoms. The summed E-state index contributed by atoms with van der Waals surface area (Å²) in [6.07, 6.45) is 0.471. The summed E-state index contributed by atoms with van der Waals surface area (Å²) < 4.78 is 10.8. The number of nitrogens with one attached hydrogen (secondary N) is 2. The van der Waals surface area contributed by atoms with Gasteiger partial charge in [-0.2, -0.15) is 0 Å². The van der Waals surface area contributed by atoms with Gasteiger partial charge in [0.25, 0.3) is 5.91 Å². The van der Waals surface area contributed by atoms with Gasteiger partial charge in [-0.05, 0) is 36.2 Å². The number of para-hydroxylation sites is 1. The van der Waals surface area contributed by atoms with Crippen LogP contribution in [-0.4, -0.2) is 66.5 Å². The van der Waals surface area contributed by atoms with Crippen molar-refractivity contribution >= 4 is 23.4 Å². The van der Waals surface area contributed by atoms with Crippen LogP contribution in [0.25, 0.3) is 0 Å². The fraction of sp³-hybridized carbons (Fsp3) is 0.375. The van der Waals surface area contributed by atoms with Gasteiger partial charge in [-0.1, -0.05) is 18.2 Å². The van der Waals surface area contributed by atoms with Gasteiger partial charge < -0.3 is 25.0 Å². The van der Waals surface area contributed by atoms with Crippen LogP contribution in [0.5, 0.6) is 11.5 Å². The first-order valence-corrected chi connectivity index (χ1v) is 11.2. The fourth-order valence-corrected chi connectivity index (χ4v) is 4.39. The fourth-order valence-electron chi connectivity index (χ4n) is 4.39. The summed E-state index contributed by atoms with van der Waals surface area (Å²) in [4.78, 5) is 41.9. The average Bonchev–Trinajstić information content (AvgIpc) is 3.25. The van der Waals surface area contributed by atoms with Crippen molar-refractivity contribution in [3.8, 4) is 11.5 Å². The van der Waals surface area contributed by atoms with Crippen molar-refractivity contribution in [1.82, 2.24) is 15.1 Å². The van der Waals surface area contributed by atoms with Crippen LogP contribution in [0.1, 0.15) is 28.8 Å². The second-order valence-corrected chi connectivity index (χ2v) is 8.44. The third kappa shape index (κ3) is 4.63. The van der Waals surface area contributed by atoms with Gasteiger partial charge in [0.2, 0.25) is 18.6 Å². The summed E-state index contributed by atoms with van der Waals surface area (Å²) in [7, 11) is 0. The van der Waals surface area contributed by atoms with E-state index in [9.17, 15) is 14.4 Å². The lowest BCUT2D eigenvalue weighted by Crippen LogP contribution is -2.49. The van der Waals surface area contributed by atoms with Gasteiger partial charge in [0.15, 0.2) is 11.5 Å². The number of fused-ring (bicyclic) bond motifs is 2. The Kier molecular flexibility index (Phi) is 5.87. The first kappa shape index (κ1) is 21.3. The molecule has 9 nitrogen and oxygen atoms in total. The summed E-state index contributed by atoms with van der Waals surface area (Å²) in [5, 5.41) is 5.53. The van der Waals surface area contributed by atoms with Crippen LogP contribution in [0.2, 0.25) is 0 Å². The van der Waals surface area contributed by atoms with Crippen molar-refractivity contribution in [3.63, 3.8) is 0 Å². The van der Waals surface area contributed by atoms with E-state index in [-0.39, 0.29) is 37.4 Å². The third-order valence-corrected chi connectivity index (χ3v) is 6.27. The minimum absolute atomic E-state index is 0.00143. The van der Waals surface area contributed by atoms with Crippen LogP contribution in [0, 0.1) is 0 Å². The zero-order chi connectivity index (χ0) is 22.8. The molecule has 9 heteroatoms. The highest BCUT2D eigenvalue weighted by Crippen LogP contribution is 2.32. The van der Waals surface area contributed by atoms with Gasteiger partial charge in [-0.25, -0.2) is 0 Å². The number of nitrogens with zero attached hydrogens (tertiary/aromatic N) is 2. The second-order valence-electron chi connectivity index (χ2n) is 8.44. The molecule has 0 radical (unpaired) electrons. The number of amides is 3. The first-order chi connectivity index (χ1) is 16.1. The van der Waals surface area contributed by atoms with Crippen LogP contribution in [0.4, 0.5) is 5.69 Å². The van der Waals surface area contributed by atoms with E-state index in [4.69, 9.17) is 9.47 Å². The minimum Gasteiger partial charge on any atom is -0.454 e. The largest absolute Gasteiger partial charge is 0.454 e. The molecule has 3 aliphatic heterocycles. The molecule has 3 amide bonds. The Hall–Kier alpha value is -3.59. The Morgan fingerprint density at radius 1 is 1.00 bits per heavy atom. The van der Waals surface area contributed by atoms with Crippen molar-refractivity contribution in [2.24, 2.45) is 0 Å². The summed E-state index contributed by atoms with van der Waals surface area (Å²) in [6.45, 7) is 3.87. The van der Waals surface area contributed by atoms with Crippen LogP contribution in [-0.2, 0) is 16.1 Å². The molecule has 1 fully saturated rings. The number of carbonyl (C=O) groups excluding carboxylic acids is 3. The number of anilines is 1. The van der Waals surface area contributed by atoms with Crippen LogP contribution in [0.3, 0.4) is 0 Å². The molecule has 0 saturated carbocycles. The molecule has 33 heavy (non-hydrogen) atoms. The van der Waals surface area contributed by atoms with E-state index in [0.717, 1.165) is 36.7 Å². The first-order valence-electron chi connectivity index (χ1n) is 11.2. The highest BCUT2D eigenvalue weighted by Gasteiger charge is 2.29. The third-order valence-electron chi connectivity index (χ3n) is 6.27. The number of hydrogen-bond donors (Lipinski definition) is 2. The summed E-state index contributed by atoms with van der Waals surface area (Å²) in [5.41, 5.74) is 2.07. The molecular weight excluding hydrogens is 424 g/mol. The van der Waals surface area contributed by atoms with Crippen LogP contribution in [0.15, 0.2) is 42.5 Å². The number of rotatable bonds is 5. The molecule has 5 rings (SSSR count). The maximum absolute atomic E-state index is 12.8. The molecule has 3 heterocycles. The van der Waals surface area contributed by atoms with Gasteiger partial charge in [0.1, 0.15) is 6.04 Å². The Morgan fingerprint density at radius 3 is 2.64 bits per heavy atom. The zero-order valence-corrected chi connectivity index (χ0v) is 18.2. The summed E-state index contributed by atoms with van der Waals surface area (Å²) >= 11 is 0.